The van der Waals surface area contributed by atoms with Gasteiger partial charge in [-0.15, -0.1) is 12.4 Å². The molecule has 1 heterocycles. The summed E-state index contributed by atoms with van der Waals surface area (Å²) in [5, 5.41) is 7.10. The van der Waals surface area contributed by atoms with Crippen LogP contribution in [0.15, 0.2) is 27.6 Å². The number of hydrogen-bond acceptors (Lipinski definition) is 6. The van der Waals surface area contributed by atoms with Gasteiger partial charge in [0.1, 0.15) is 0 Å². The van der Waals surface area contributed by atoms with Gasteiger partial charge in [-0.1, -0.05) is 11.2 Å². The van der Waals surface area contributed by atoms with E-state index in [-0.39, 0.29) is 23.3 Å². The fraction of sp³-hybridized carbons (Fsp3) is 0.529. The average molecular weight is 403 g/mol. The molecule has 0 saturated heterocycles. The summed E-state index contributed by atoms with van der Waals surface area (Å²) in [4.78, 5) is 4.57. The third-order valence-electron chi connectivity index (χ3n) is 3.64. The van der Waals surface area contributed by atoms with E-state index in [1.807, 2.05) is 20.9 Å². The highest BCUT2D eigenvalue weighted by Gasteiger charge is 2.23. The molecule has 9 heteroatoms. The lowest BCUT2D eigenvalue weighted by atomic mass is 10.1. The summed E-state index contributed by atoms with van der Waals surface area (Å²) >= 11 is 0. The Hall–Kier alpha value is -1.48. The van der Waals surface area contributed by atoms with E-state index in [0.717, 1.165) is 5.56 Å². The first-order chi connectivity index (χ1) is 11.5. The van der Waals surface area contributed by atoms with Gasteiger partial charge in [-0.05, 0) is 59.4 Å². The van der Waals surface area contributed by atoms with Crippen molar-refractivity contribution >= 4 is 22.4 Å². The molecular weight excluding hydrogens is 376 g/mol. The van der Waals surface area contributed by atoms with Crippen LogP contribution in [0.3, 0.4) is 0 Å². The number of likely N-dealkylation sites (N-methyl/N-ethyl adjacent to an activating group) is 1. The Morgan fingerprint density at radius 3 is 2.50 bits per heavy atom. The Morgan fingerprint density at radius 1 is 1.27 bits per heavy atom. The topological polar surface area (TPSA) is 97.1 Å². The number of nitrogens with zero attached hydrogens (tertiary/aromatic N) is 2. The van der Waals surface area contributed by atoms with Crippen LogP contribution in [0.25, 0.3) is 11.5 Å². The van der Waals surface area contributed by atoms with Gasteiger partial charge in [0, 0.05) is 23.6 Å². The quantitative estimate of drug-likeness (QED) is 0.770. The standard InChI is InChI=1S/C17H26N4O3S.ClH/c1-11-7-8-13(25(22,23)21-17(3,4)5)10-14(11)16-19-15(20-24-16)9-12(2)18-6;/h7-8,10,12,18,21H,9H2,1-6H3;1H. The van der Waals surface area contributed by atoms with E-state index in [1.165, 1.54) is 0 Å². The first-order valence-electron chi connectivity index (χ1n) is 8.16. The number of halogens is 1. The van der Waals surface area contributed by atoms with E-state index in [4.69, 9.17) is 4.52 Å². The van der Waals surface area contributed by atoms with Crippen LogP contribution in [0.1, 0.15) is 39.1 Å². The summed E-state index contributed by atoms with van der Waals surface area (Å²) in [7, 11) is -1.76. The zero-order chi connectivity index (χ0) is 18.8. The molecule has 1 aromatic heterocycles. The summed E-state index contributed by atoms with van der Waals surface area (Å²) in [6.45, 7) is 9.29. The van der Waals surface area contributed by atoms with E-state index in [9.17, 15) is 8.42 Å². The summed E-state index contributed by atoms with van der Waals surface area (Å²) in [6, 6.07) is 5.11. The minimum absolute atomic E-state index is 0. The smallest absolute Gasteiger partial charge is 0.258 e. The van der Waals surface area contributed by atoms with Crippen molar-refractivity contribution in [3.05, 3.63) is 29.6 Å². The van der Waals surface area contributed by atoms with E-state index in [1.54, 1.807) is 39.0 Å². The van der Waals surface area contributed by atoms with Crippen molar-refractivity contribution < 1.29 is 12.9 Å². The molecule has 0 amide bonds. The first kappa shape index (κ1) is 22.6. The number of hydrogen-bond donors (Lipinski definition) is 2. The van der Waals surface area contributed by atoms with E-state index in [0.29, 0.717) is 23.7 Å². The van der Waals surface area contributed by atoms with Gasteiger partial charge in [0.2, 0.25) is 10.0 Å². The first-order valence-corrected chi connectivity index (χ1v) is 9.65. The van der Waals surface area contributed by atoms with Gasteiger partial charge in [-0.2, -0.15) is 4.98 Å². The maximum Gasteiger partial charge on any atom is 0.258 e. The van der Waals surface area contributed by atoms with E-state index in [2.05, 4.69) is 20.2 Å². The zero-order valence-corrected chi connectivity index (χ0v) is 17.6. The average Bonchev–Trinajstić information content (AvgIpc) is 2.93. The Bertz CT molecular complexity index is 844. The van der Waals surface area contributed by atoms with Crippen molar-refractivity contribution in [1.82, 2.24) is 20.2 Å². The molecule has 0 aliphatic carbocycles. The lowest BCUT2D eigenvalue weighted by Crippen LogP contribution is -2.40. The second-order valence-corrected chi connectivity index (χ2v) is 8.92. The third kappa shape index (κ3) is 5.77. The molecule has 7 nitrogen and oxygen atoms in total. The molecule has 0 aliphatic rings. The number of aryl methyl sites for hydroxylation is 1. The highest BCUT2D eigenvalue weighted by molar-refractivity contribution is 7.89. The number of aromatic nitrogens is 2. The minimum Gasteiger partial charge on any atom is -0.334 e. The van der Waals surface area contributed by atoms with Gasteiger partial charge in [0.15, 0.2) is 5.82 Å². The van der Waals surface area contributed by atoms with Crippen molar-refractivity contribution in [1.29, 1.82) is 0 Å². The highest BCUT2D eigenvalue weighted by atomic mass is 35.5. The van der Waals surface area contributed by atoms with Crippen molar-refractivity contribution in [3.8, 4) is 11.5 Å². The summed E-state index contributed by atoms with van der Waals surface area (Å²) in [6.07, 6.45) is 0.628. The molecule has 2 N–H and O–H groups in total. The fourth-order valence-electron chi connectivity index (χ4n) is 2.28. The predicted octanol–water partition coefficient (Wildman–Crippen LogP) is 2.69. The summed E-state index contributed by atoms with van der Waals surface area (Å²) < 4.78 is 33.1. The normalized spacial score (nSPS) is 13.3. The zero-order valence-electron chi connectivity index (χ0n) is 16.0. The van der Waals surface area contributed by atoms with Crippen LogP contribution in [0.4, 0.5) is 0 Å². The fourth-order valence-corrected chi connectivity index (χ4v) is 3.73. The SMILES string of the molecule is CNC(C)Cc1noc(-c2cc(S(=O)(=O)NC(C)(C)C)ccc2C)n1.Cl. The number of sulfonamides is 1. The Morgan fingerprint density at radius 2 is 1.92 bits per heavy atom. The molecule has 0 bridgehead atoms. The maximum atomic E-state index is 12.5. The lowest BCUT2D eigenvalue weighted by Gasteiger charge is -2.20. The van der Waals surface area contributed by atoms with Crippen LogP contribution < -0.4 is 10.0 Å². The van der Waals surface area contributed by atoms with Gasteiger partial charge >= 0.3 is 0 Å². The number of benzene rings is 1. The Labute approximate surface area is 161 Å². The van der Waals surface area contributed by atoms with Crippen LogP contribution in [-0.4, -0.2) is 37.2 Å². The Balaban J connectivity index is 0.00000338. The van der Waals surface area contributed by atoms with Crippen LogP contribution in [0, 0.1) is 6.92 Å². The third-order valence-corrected chi connectivity index (χ3v) is 5.40. The maximum absolute atomic E-state index is 12.5. The second kappa shape index (κ2) is 8.47. The van der Waals surface area contributed by atoms with Crippen LogP contribution >= 0.6 is 12.4 Å². The monoisotopic (exact) mass is 402 g/mol. The molecule has 1 unspecified atom stereocenters. The van der Waals surface area contributed by atoms with Crippen LogP contribution in [0.5, 0.6) is 0 Å². The van der Waals surface area contributed by atoms with Gasteiger partial charge in [-0.25, -0.2) is 13.1 Å². The largest absolute Gasteiger partial charge is 0.334 e. The predicted molar refractivity (Wildman–Crippen MR) is 104 cm³/mol. The van der Waals surface area contributed by atoms with E-state index >= 15 is 0 Å². The molecule has 26 heavy (non-hydrogen) atoms. The second-order valence-electron chi connectivity index (χ2n) is 7.24. The molecule has 0 radical (unpaired) electrons. The van der Waals surface area contributed by atoms with Gasteiger partial charge in [0.25, 0.3) is 5.89 Å². The molecular formula is C17H27ClN4O3S. The summed E-state index contributed by atoms with van der Waals surface area (Å²) in [5.41, 5.74) is 0.921. The molecule has 0 saturated carbocycles. The molecule has 0 spiro atoms. The summed E-state index contributed by atoms with van der Waals surface area (Å²) in [5.74, 6) is 0.904. The number of rotatable bonds is 6. The van der Waals surface area contributed by atoms with Crippen LogP contribution in [0.2, 0.25) is 0 Å². The van der Waals surface area contributed by atoms with Crippen LogP contribution in [-0.2, 0) is 16.4 Å². The molecule has 0 aliphatic heterocycles. The van der Waals surface area contributed by atoms with Gasteiger partial charge < -0.3 is 9.84 Å². The van der Waals surface area contributed by atoms with Crippen molar-refractivity contribution in [2.75, 3.05) is 7.05 Å². The van der Waals surface area contributed by atoms with Crippen molar-refractivity contribution in [2.45, 2.75) is 57.5 Å². The Kier molecular flexibility index (Phi) is 7.35. The number of nitrogens with one attached hydrogen (secondary N) is 2. The molecule has 0 fully saturated rings. The highest BCUT2D eigenvalue weighted by Crippen LogP contribution is 2.26. The van der Waals surface area contributed by atoms with Crippen molar-refractivity contribution in [3.63, 3.8) is 0 Å². The van der Waals surface area contributed by atoms with Gasteiger partial charge in [0.05, 0.1) is 4.90 Å². The molecule has 2 rings (SSSR count). The minimum atomic E-state index is -3.63. The molecule has 1 aromatic carbocycles. The van der Waals surface area contributed by atoms with Gasteiger partial charge in [-0.3, -0.25) is 0 Å². The molecule has 2 aromatic rings. The van der Waals surface area contributed by atoms with E-state index < -0.39 is 15.6 Å². The molecule has 146 valence electrons. The van der Waals surface area contributed by atoms with Crippen molar-refractivity contribution in [2.24, 2.45) is 0 Å². The molecule has 1 atom stereocenters. The lowest BCUT2D eigenvalue weighted by molar-refractivity contribution is 0.418.